The molecule has 0 spiro atoms. The number of aliphatic hydroxyl groups is 2. The van der Waals surface area contributed by atoms with Crippen molar-refractivity contribution in [3.05, 3.63) is 71.3 Å². The van der Waals surface area contributed by atoms with Crippen molar-refractivity contribution < 1.29 is 19.8 Å². The van der Waals surface area contributed by atoms with Crippen LogP contribution in [0.4, 0.5) is 0 Å². The second-order valence-corrected chi connectivity index (χ2v) is 7.29. The van der Waals surface area contributed by atoms with Gasteiger partial charge < -0.3 is 20.4 Å². The molecule has 0 radical (unpaired) electrons. The Kier molecular flexibility index (Phi) is 4.45. The van der Waals surface area contributed by atoms with Gasteiger partial charge in [0, 0.05) is 13.1 Å². The lowest BCUT2D eigenvalue weighted by Gasteiger charge is -2.25. The third-order valence-corrected chi connectivity index (χ3v) is 5.41. The molecule has 2 aromatic carbocycles. The summed E-state index contributed by atoms with van der Waals surface area (Å²) in [7, 11) is 0. The molecule has 6 nitrogen and oxygen atoms in total. The third-order valence-electron chi connectivity index (χ3n) is 5.41. The highest BCUT2D eigenvalue weighted by molar-refractivity contribution is 5.91. The molecule has 0 aromatic heterocycles. The van der Waals surface area contributed by atoms with Crippen molar-refractivity contribution in [2.75, 3.05) is 0 Å². The summed E-state index contributed by atoms with van der Waals surface area (Å²) in [4.78, 5) is 26.5. The normalized spacial score (nSPS) is 19.1. The van der Waals surface area contributed by atoms with Gasteiger partial charge in [-0.25, -0.2) is 0 Å². The van der Waals surface area contributed by atoms with Crippen LogP contribution < -0.4 is 5.32 Å². The van der Waals surface area contributed by atoms with Crippen molar-refractivity contribution >= 4 is 11.8 Å². The highest BCUT2D eigenvalue weighted by Gasteiger charge is 2.47. The van der Waals surface area contributed by atoms with Gasteiger partial charge in [-0.2, -0.15) is 0 Å². The van der Waals surface area contributed by atoms with Gasteiger partial charge >= 0.3 is 0 Å². The fraction of sp³-hybridized carbons (Fsp3) is 0.333. The molecule has 4 rings (SSSR count). The summed E-state index contributed by atoms with van der Waals surface area (Å²) in [5.41, 5.74) is 2.48. The van der Waals surface area contributed by atoms with Gasteiger partial charge in [0.1, 0.15) is 0 Å². The van der Waals surface area contributed by atoms with E-state index in [0.29, 0.717) is 13.1 Å². The van der Waals surface area contributed by atoms with E-state index in [9.17, 15) is 19.8 Å². The minimum atomic E-state index is -1.80. The highest BCUT2D eigenvalue weighted by Crippen LogP contribution is 2.45. The molecule has 1 aliphatic carbocycles. The number of amides is 2. The minimum absolute atomic E-state index is 0.369. The Hall–Kier alpha value is -2.70. The molecule has 140 valence electrons. The zero-order chi connectivity index (χ0) is 19.0. The third kappa shape index (κ3) is 3.34. The van der Waals surface area contributed by atoms with Crippen molar-refractivity contribution in [3.8, 4) is 0 Å². The quantitative estimate of drug-likeness (QED) is 0.738. The molecule has 0 bridgehead atoms. The molecule has 6 heteroatoms. The van der Waals surface area contributed by atoms with E-state index >= 15 is 0 Å². The second-order valence-electron chi connectivity index (χ2n) is 7.29. The largest absolute Gasteiger partial charge is 0.380 e. The molecule has 1 fully saturated rings. The summed E-state index contributed by atoms with van der Waals surface area (Å²) >= 11 is 0. The van der Waals surface area contributed by atoms with Crippen LogP contribution in [0.15, 0.2) is 54.6 Å². The second kappa shape index (κ2) is 6.79. The number of nitrogens with one attached hydrogen (secondary N) is 1. The van der Waals surface area contributed by atoms with E-state index in [1.165, 1.54) is 4.90 Å². The molecule has 2 amide bonds. The van der Waals surface area contributed by atoms with Crippen LogP contribution in [0.3, 0.4) is 0 Å². The zero-order valence-corrected chi connectivity index (χ0v) is 14.8. The molecular weight excluding hydrogens is 344 g/mol. The van der Waals surface area contributed by atoms with E-state index in [0.717, 1.165) is 29.5 Å². The molecular formula is C21H22N2O4. The number of carbonyl (C=O) groups is 2. The Balaban J connectivity index is 1.40. The summed E-state index contributed by atoms with van der Waals surface area (Å²) < 4.78 is 0. The molecule has 2 aromatic rings. The number of fused-ring (bicyclic) bond motifs is 1. The van der Waals surface area contributed by atoms with Crippen molar-refractivity contribution in [1.29, 1.82) is 0 Å². The van der Waals surface area contributed by atoms with Crippen LogP contribution in [-0.2, 0) is 28.2 Å². The summed E-state index contributed by atoms with van der Waals surface area (Å²) in [5, 5.41) is 23.4. The Morgan fingerprint density at radius 2 is 1.44 bits per heavy atom. The monoisotopic (exact) mass is 366 g/mol. The van der Waals surface area contributed by atoms with Crippen LogP contribution in [0.1, 0.15) is 29.5 Å². The maximum absolute atomic E-state index is 12.5. The van der Waals surface area contributed by atoms with Crippen molar-refractivity contribution in [2.24, 2.45) is 0 Å². The molecule has 27 heavy (non-hydrogen) atoms. The number of hydrogen-bond acceptors (Lipinski definition) is 4. The smallest absolute Gasteiger partial charge is 0.255 e. The van der Waals surface area contributed by atoms with Crippen molar-refractivity contribution in [3.63, 3.8) is 0 Å². The van der Waals surface area contributed by atoms with Crippen molar-refractivity contribution in [2.45, 2.75) is 43.7 Å². The Morgan fingerprint density at radius 1 is 0.889 bits per heavy atom. The lowest BCUT2D eigenvalue weighted by molar-refractivity contribution is -0.154. The van der Waals surface area contributed by atoms with Crippen LogP contribution >= 0.6 is 0 Å². The topological polar surface area (TPSA) is 89.9 Å². The first-order valence-electron chi connectivity index (χ1n) is 9.09. The van der Waals surface area contributed by atoms with Crippen LogP contribution in [0.25, 0.3) is 0 Å². The summed E-state index contributed by atoms with van der Waals surface area (Å²) in [6.07, 6.45) is -2.06. The van der Waals surface area contributed by atoms with Gasteiger partial charge in [-0.05, 0) is 29.5 Å². The number of nitrogens with zero attached hydrogens (tertiary/aromatic N) is 1. The first kappa shape index (κ1) is 17.7. The van der Waals surface area contributed by atoms with Gasteiger partial charge in [0.25, 0.3) is 11.8 Å². The lowest BCUT2D eigenvalue weighted by atomic mass is 10.0. The van der Waals surface area contributed by atoms with E-state index in [4.69, 9.17) is 0 Å². The lowest BCUT2D eigenvalue weighted by Crippen LogP contribution is -2.51. The average molecular weight is 366 g/mol. The predicted octanol–water partition coefficient (Wildman–Crippen LogP) is 1.06. The average Bonchev–Trinajstić information content (AvgIpc) is 3.35. The molecule has 0 unspecified atom stereocenters. The minimum Gasteiger partial charge on any atom is -0.380 e. The number of aliphatic hydroxyl groups excluding tert-OH is 2. The fourth-order valence-electron chi connectivity index (χ4n) is 3.63. The van der Waals surface area contributed by atoms with Crippen LogP contribution in [0.2, 0.25) is 0 Å². The summed E-state index contributed by atoms with van der Waals surface area (Å²) in [6.45, 7) is 0.739. The van der Waals surface area contributed by atoms with Gasteiger partial charge in [-0.1, -0.05) is 54.6 Å². The Morgan fingerprint density at radius 3 is 2.00 bits per heavy atom. The predicted molar refractivity (Wildman–Crippen MR) is 98.2 cm³/mol. The first-order valence-corrected chi connectivity index (χ1v) is 9.09. The molecule has 1 saturated carbocycles. The van der Waals surface area contributed by atoms with Crippen LogP contribution in [-0.4, -0.2) is 39.1 Å². The Labute approximate surface area is 157 Å². The molecule has 1 heterocycles. The molecule has 0 saturated heterocycles. The molecule has 2 atom stereocenters. The van der Waals surface area contributed by atoms with Gasteiger partial charge in [-0.3, -0.25) is 9.59 Å². The SMILES string of the molecule is O=C(NC1(c2ccccc2)CC1)[C@H](O)[C@@H](O)C(=O)N1Cc2ccccc2C1. The number of rotatable bonds is 5. The summed E-state index contributed by atoms with van der Waals surface area (Å²) in [6, 6.07) is 17.2. The van der Waals surface area contributed by atoms with E-state index in [1.807, 2.05) is 54.6 Å². The van der Waals surface area contributed by atoms with Crippen molar-refractivity contribution in [1.82, 2.24) is 10.2 Å². The van der Waals surface area contributed by atoms with Gasteiger partial charge in [0.2, 0.25) is 0 Å². The number of hydrogen-bond donors (Lipinski definition) is 3. The fourth-order valence-corrected chi connectivity index (χ4v) is 3.63. The highest BCUT2D eigenvalue weighted by atomic mass is 16.3. The number of carbonyl (C=O) groups excluding carboxylic acids is 2. The number of benzene rings is 2. The van der Waals surface area contributed by atoms with E-state index in [-0.39, 0.29) is 0 Å². The first-order chi connectivity index (χ1) is 13.0. The Bertz CT molecular complexity index is 838. The van der Waals surface area contributed by atoms with E-state index in [2.05, 4.69) is 5.32 Å². The van der Waals surface area contributed by atoms with E-state index in [1.54, 1.807) is 0 Å². The zero-order valence-electron chi connectivity index (χ0n) is 14.8. The molecule has 2 aliphatic rings. The summed E-state index contributed by atoms with van der Waals surface area (Å²) in [5.74, 6) is -1.37. The standard InChI is InChI=1S/C21H22N2O4/c24-17(19(26)22-21(10-11-21)16-8-2-1-3-9-16)18(25)20(27)23-12-14-6-4-5-7-15(14)13-23/h1-9,17-18,24-25H,10-13H2,(H,22,26)/t17-,18-/m1/s1. The van der Waals surface area contributed by atoms with Crippen LogP contribution in [0, 0.1) is 0 Å². The van der Waals surface area contributed by atoms with Crippen LogP contribution in [0.5, 0.6) is 0 Å². The van der Waals surface area contributed by atoms with Gasteiger partial charge in [0.05, 0.1) is 5.54 Å². The van der Waals surface area contributed by atoms with E-state index < -0.39 is 29.6 Å². The molecule has 1 aliphatic heterocycles. The molecule has 3 N–H and O–H groups in total. The van der Waals surface area contributed by atoms with Gasteiger partial charge in [0.15, 0.2) is 12.2 Å². The van der Waals surface area contributed by atoms with Gasteiger partial charge in [-0.15, -0.1) is 0 Å². The maximum Gasteiger partial charge on any atom is 0.255 e. The maximum atomic E-state index is 12.5.